The number of nitrogens with zero attached hydrogens (tertiary/aromatic N) is 1. The van der Waals surface area contributed by atoms with Gasteiger partial charge in [-0.15, -0.1) is 0 Å². The average molecular weight is 244 g/mol. The van der Waals surface area contributed by atoms with Crippen molar-refractivity contribution in [1.82, 2.24) is 10.2 Å². The van der Waals surface area contributed by atoms with Gasteiger partial charge in [-0.05, 0) is 18.8 Å². The van der Waals surface area contributed by atoms with Crippen LogP contribution >= 0.6 is 11.6 Å². The van der Waals surface area contributed by atoms with Gasteiger partial charge in [-0.25, -0.2) is 5.10 Å². The fraction of sp³-hybridized carbons (Fsp3) is 0.600. The topological polar surface area (TPSA) is 67.0 Å². The monoisotopic (exact) mass is 243 g/mol. The molecule has 1 aliphatic heterocycles. The highest BCUT2D eigenvalue weighted by Crippen LogP contribution is 2.18. The summed E-state index contributed by atoms with van der Waals surface area (Å²) in [5.41, 5.74) is 0.222. The Morgan fingerprint density at radius 3 is 3.31 bits per heavy atom. The van der Waals surface area contributed by atoms with Gasteiger partial charge in [0, 0.05) is 19.8 Å². The molecule has 16 heavy (non-hydrogen) atoms. The molecule has 0 spiro atoms. The number of nitrogens with one attached hydrogen (secondary N) is 2. The average Bonchev–Trinajstić information content (AvgIpc) is 2.77. The predicted molar refractivity (Wildman–Crippen MR) is 61.9 cm³/mol. The minimum absolute atomic E-state index is 0.165. The van der Waals surface area contributed by atoms with Crippen molar-refractivity contribution >= 4 is 17.3 Å². The van der Waals surface area contributed by atoms with E-state index in [1.807, 2.05) is 0 Å². The van der Waals surface area contributed by atoms with Crippen LogP contribution in [0, 0.1) is 5.92 Å². The van der Waals surface area contributed by atoms with Crippen LogP contribution in [0.1, 0.15) is 12.8 Å². The zero-order valence-corrected chi connectivity index (χ0v) is 9.59. The summed E-state index contributed by atoms with van der Waals surface area (Å²) in [4.78, 5) is 11.1. The van der Waals surface area contributed by atoms with Crippen LogP contribution in [0.2, 0.25) is 5.02 Å². The number of anilines is 1. The van der Waals surface area contributed by atoms with Gasteiger partial charge in [0.25, 0.3) is 5.56 Å². The van der Waals surface area contributed by atoms with E-state index in [0.29, 0.717) is 11.6 Å². The minimum Gasteiger partial charge on any atom is -0.382 e. The van der Waals surface area contributed by atoms with Gasteiger partial charge in [0.1, 0.15) is 5.02 Å². The van der Waals surface area contributed by atoms with Crippen molar-refractivity contribution in [3.8, 4) is 0 Å². The van der Waals surface area contributed by atoms with E-state index in [1.165, 1.54) is 6.20 Å². The third-order valence-corrected chi connectivity index (χ3v) is 3.06. The molecule has 6 heteroatoms. The molecule has 1 unspecified atom stereocenters. The summed E-state index contributed by atoms with van der Waals surface area (Å²) in [6.45, 7) is 2.47. The zero-order chi connectivity index (χ0) is 11.4. The Bertz CT molecular complexity index is 401. The largest absolute Gasteiger partial charge is 0.382 e. The van der Waals surface area contributed by atoms with Crippen LogP contribution in [0.3, 0.4) is 0 Å². The van der Waals surface area contributed by atoms with Crippen molar-refractivity contribution in [3.05, 3.63) is 21.6 Å². The van der Waals surface area contributed by atoms with E-state index in [0.717, 1.165) is 32.6 Å². The van der Waals surface area contributed by atoms with Gasteiger partial charge in [-0.1, -0.05) is 11.6 Å². The minimum atomic E-state index is -0.365. The first-order valence-electron chi connectivity index (χ1n) is 5.32. The summed E-state index contributed by atoms with van der Waals surface area (Å²) in [6.07, 6.45) is 3.65. The second-order valence-corrected chi connectivity index (χ2v) is 4.25. The molecule has 0 saturated carbocycles. The molecule has 1 saturated heterocycles. The highest BCUT2D eigenvalue weighted by Gasteiger charge is 2.15. The van der Waals surface area contributed by atoms with E-state index in [-0.39, 0.29) is 10.6 Å². The summed E-state index contributed by atoms with van der Waals surface area (Å²) < 4.78 is 5.28. The van der Waals surface area contributed by atoms with E-state index in [4.69, 9.17) is 16.3 Å². The molecule has 2 rings (SSSR count). The lowest BCUT2D eigenvalue weighted by Crippen LogP contribution is -2.14. The van der Waals surface area contributed by atoms with Gasteiger partial charge < -0.3 is 10.1 Å². The maximum atomic E-state index is 11.1. The Morgan fingerprint density at radius 2 is 2.56 bits per heavy atom. The quantitative estimate of drug-likeness (QED) is 0.836. The summed E-state index contributed by atoms with van der Waals surface area (Å²) in [6, 6.07) is 0. The molecule has 2 N–H and O–H groups in total. The molecule has 0 radical (unpaired) electrons. The number of hydrogen-bond donors (Lipinski definition) is 2. The smallest absolute Gasteiger partial charge is 0.285 e. The first-order chi connectivity index (χ1) is 7.77. The fourth-order valence-electron chi connectivity index (χ4n) is 1.73. The Kier molecular flexibility index (Phi) is 3.79. The second kappa shape index (κ2) is 5.32. The fourth-order valence-corrected chi connectivity index (χ4v) is 1.89. The van der Waals surface area contributed by atoms with E-state index >= 15 is 0 Å². The third-order valence-electron chi connectivity index (χ3n) is 2.69. The Balaban J connectivity index is 1.84. The Morgan fingerprint density at radius 1 is 1.69 bits per heavy atom. The normalized spacial score (nSPS) is 19.9. The molecule has 0 amide bonds. The summed E-state index contributed by atoms with van der Waals surface area (Å²) in [7, 11) is 0. The maximum Gasteiger partial charge on any atom is 0.285 e. The van der Waals surface area contributed by atoms with Crippen LogP contribution < -0.4 is 10.9 Å². The van der Waals surface area contributed by atoms with Crippen molar-refractivity contribution < 1.29 is 4.74 Å². The molecule has 88 valence electrons. The summed E-state index contributed by atoms with van der Waals surface area (Å²) in [5.74, 6) is 0.612. The number of ether oxygens (including phenoxy) is 1. The number of aromatic amines is 1. The number of hydrogen-bond acceptors (Lipinski definition) is 4. The standard InChI is InChI=1S/C10H14ClN3O2/c11-9-8(5-13-14-10(9)15)12-3-1-7-2-4-16-6-7/h5,7H,1-4,6H2,(H2,12,14,15). The molecule has 1 aromatic heterocycles. The van der Waals surface area contributed by atoms with E-state index in [1.54, 1.807) is 0 Å². The molecule has 1 fully saturated rings. The predicted octanol–water partition coefficient (Wildman–Crippen LogP) is 1.26. The molecule has 0 aromatic carbocycles. The van der Waals surface area contributed by atoms with Crippen LogP contribution in [0.15, 0.2) is 11.0 Å². The van der Waals surface area contributed by atoms with Crippen molar-refractivity contribution in [1.29, 1.82) is 0 Å². The van der Waals surface area contributed by atoms with Crippen molar-refractivity contribution in [2.45, 2.75) is 12.8 Å². The number of halogens is 1. The van der Waals surface area contributed by atoms with Crippen LogP contribution in [0.4, 0.5) is 5.69 Å². The Hall–Kier alpha value is -1.07. The molecule has 1 aromatic rings. The molecule has 1 aliphatic rings. The van der Waals surface area contributed by atoms with Gasteiger partial charge in [0.2, 0.25) is 0 Å². The van der Waals surface area contributed by atoms with Gasteiger partial charge in [0.05, 0.1) is 11.9 Å². The van der Waals surface area contributed by atoms with Crippen LogP contribution in [0.25, 0.3) is 0 Å². The van der Waals surface area contributed by atoms with E-state index in [2.05, 4.69) is 15.5 Å². The zero-order valence-electron chi connectivity index (χ0n) is 8.83. The molecule has 2 heterocycles. The van der Waals surface area contributed by atoms with Crippen molar-refractivity contribution in [2.75, 3.05) is 25.1 Å². The van der Waals surface area contributed by atoms with E-state index < -0.39 is 0 Å². The van der Waals surface area contributed by atoms with Gasteiger partial charge in [0.15, 0.2) is 0 Å². The number of H-pyrrole nitrogens is 1. The molecule has 5 nitrogen and oxygen atoms in total. The Labute approximate surface area is 98.2 Å². The summed E-state index contributed by atoms with van der Waals surface area (Å²) in [5, 5.41) is 9.24. The van der Waals surface area contributed by atoms with Crippen molar-refractivity contribution in [3.63, 3.8) is 0 Å². The lowest BCUT2D eigenvalue weighted by atomic mass is 10.1. The first kappa shape index (κ1) is 11.4. The molecule has 0 bridgehead atoms. The maximum absolute atomic E-state index is 11.1. The van der Waals surface area contributed by atoms with Gasteiger partial charge >= 0.3 is 0 Å². The van der Waals surface area contributed by atoms with Crippen LogP contribution in [0.5, 0.6) is 0 Å². The summed E-state index contributed by atoms with van der Waals surface area (Å²) >= 11 is 5.82. The second-order valence-electron chi connectivity index (χ2n) is 3.87. The molecular formula is C10H14ClN3O2. The third kappa shape index (κ3) is 2.74. The molecule has 1 atom stereocenters. The lowest BCUT2D eigenvalue weighted by Gasteiger charge is -2.09. The van der Waals surface area contributed by atoms with Crippen LogP contribution in [-0.4, -0.2) is 30.0 Å². The highest BCUT2D eigenvalue weighted by molar-refractivity contribution is 6.32. The van der Waals surface area contributed by atoms with Gasteiger partial charge in [-0.2, -0.15) is 5.10 Å². The lowest BCUT2D eigenvalue weighted by molar-refractivity contribution is 0.185. The van der Waals surface area contributed by atoms with Gasteiger partial charge in [-0.3, -0.25) is 4.79 Å². The number of rotatable bonds is 4. The van der Waals surface area contributed by atoms with E-state index in [9.17, 15) is 4.79 Å². The highest BCUT2D eigenvalue weighted by atomic mass is 35.5. The molecular weight excluding hydrogens is 230 g/mol. The first-order valence-corrected chi connectivity index (χ1v) is 5.70. The van der Waals surface area contributed by atoms with Crippen molar-refractivity contribution in [2.24, 2.45) is 5.92 Å². The SMILES string of the molecule is O=c1[nH]ncc(NCCC2CCOC2)c1Cl. The number of aromatic nitrogens is 2. The molecule has 0 aliphatic carbocycles. The van der Waals surface area contributed by atoms with Crippen LogP contribution in [-0.2, 0) is 4.74 Å².